The monoisotopic (exact) mass is 314 g/mol. The minimum Gasteiger partial charge on any atom is -0.478 e. The molecule has 0 aliphatic carbocycles. The number of carboxylic acids is 1. The average Bonchev–Trinajstić information content (AvgIpc) is 2.43. The summed E-state index contributed by atoms with van der Waals surface area (Å²) in [6, 6.07) is 5.70. The molecular weight excluding hydrogens is 292 g/mol. The molecule has 0 heterocycles. The van der Waals surface area contributed by atoms with Gasteiger partial charge in [0.1, 0.15) is 0 Å². The van der Waals surface area contributed by atoms with Crippen LogP contribution in [0.25, 0.3) is 0 Å². The summed E-state index contributed by atoms with van der Waals surface area (Å²) in [7, 11) is 0.0515. The number of aromatic carboxylic acids is 1. The molecule has 0 bridgehead atoms. The first-order chi connectivity index (χ1) is 9.80. The van der Waals surface area contributed by atoms with Crippen LogP contribution < -0.4 is 0 Å². The molecule has 1 rings (SSSR count). The molecule has 6 nitrogen and oxygen atoms in total. The van der Waals surface area contributed by atoms with E-state index in [1.54, 1.807) is 6.92 Å². The Morgan fingerprint density at radius 3 is 2.33 bits per heavy atom. The van der Waals surface area contributed by atoms with Gasteiger partial charge in [0.05, 0.1) is 10.5 Å². The Bertz CT molecular complexity index is 584. The van der Waals surface area contributed by atoms with Crippen LogP contribution in [0.1, 0.15) is 23.7 Å². The van der Waals surface area contributed by atoms with Crippen molar-refractivity contribution in [1.29, 1.82) is 0 Å². The van der Waals surface area contributed by atoms with E-state index in [4.69, 9.17) is 5.11 Å². The topological polar surface area (TPSA) is 77.9 Å². The summed E-state index contributed by atoms with van der Waals surface area (Å²) in [5, 5.41) is 9.14. The lowest BCUT2D eigenvalue weighted by molar-refractivity contribution is 0.0692. The van der Waals surface area contributed by atoms with E-state index in [9.17, 15) is 13.2 Å². The van der Waals surface area contributed by atoms with Crippen molar-refractivity contribution in [2.24, 2.45) is 0 Å². The molecule has 0 radical (unpaired) electrons. The highest BCUT2D eigenvalue weighted by atomic mass is 32.2. The first kappa shape index (κ1) is 17.6. The second-order valence-electron chi connectivity index (χ2n) is 4.95. The first-order valence-electron chi connectivity index (χ1n) is 6.78. The third-order valence-electron chi connectivity index (χ3n) is 3.10. The molecule has 21 heavy (non-hydrogen) atoms. The van der Waals surface area contributed by atoms with Crippen LogP contribution >= 0.6 is 0 Å². The highest BCUT2D eigenvalue weighted by molar-refractivity contribution is 7.89. The van der Waals surface area contributed by atoms with Gasteiger partial charge < -0.3 is 10.0 Å². The molecule has 1 aromatic carbocycles. The van der Waals surface area contributed by atoms with Gasteiger partial charge in [-0.1, -0.05) is 19.1 Å². The van der Waals surface area contributed by atoms with Gasteiger partial charge in [0.25, 0.3) is 0 Å². The fourth-order valence-corrected chi connectivity index (χ4v) is 3.69. The van der Waals surface area contributed by atoms with E-state index in [2.05, 4.69) is 0 Å². The lowest BCUT2D eigenvalue weighted by Crippen LogP contribution is -2.34. The van der Waals surface area contributed by atoms with Crippen LogP contribution in [0, 0.1) is 0 Å². The molecular formula is C14H22N2O4S. The zero-order valence-corrected chi connectivity index (χ0v) is 13.4. The van der Waals surface area contributed by atoms with E-state index in [1.165, 1.54) is 28.6 Å². The van der Waals surface area contributed by atoms with E-state index in [0.29, 0.717) is 19.5 Å². The van der Waals surface area contributed by atoms with Crippen LogP contribution in [0.15, 0.2) is 29.2 Å². The molecule has 0 fully saturated rings. The first-order valence-corrected chi connectivity index (χ1v) is 8.22. The van der Waals surface area contributed by atoms with E-state index in [0.717, 1.165) is 6.54 Å². The minimum absolute atomic E-state index is 0.149. The van der Waals surface area contributed by atoms with E-state index < -0.39 is 16.0 Å². The standard InChI is InChI=1S/C14H22N2O4S/c1-4-16(11-7-10-15(2)3)21(19,20)13-9-6-5-8-12(13)14(17)18/h5-6,8-9H,4,7,10-11H2,1-3H3,(H,17,18). The Balaban J connectivity index is 3.05. The summed E-state index contributed by atoms with van der Waals surface area (Å²) in [5.74, 6) is -1.24. The third-order valence-corrected chi connectivity index (χ3v) is 5.13. The summed E-state index contributed by atoms with van der Waals surface area (Å²) in [6.45, 7) is 3.19. The second kappa shape index (κ2) is 7.53. The van der Waals surface area contributed by atoms with Crippen molar-refractivity contribution >= 4 is 16.0 Å². The molecule has 0 saturated carbocycles. The summed E-state index contributed by atoms with van der Waals surface area (Å²) >= 11 is 0. The van der Waals surface area contributed by atoms with E-state index in [1.807, 2.05) is 19.0 Å². The molecule has 1 aromatic rings. The van der Waals surface area contributed by atoms with Crippen LogP contribution in [-0.2, 0) is 10.0 Å². The summed E-state index contributed by atoms with van der Waals surface area (Å²) in [4.78, 5) is 13.0. The van der Waals surface area contributed by atoms with Crippen molar-refractivity contribution in [3.63, 3.8) is 0 Å². The number of carbonyl (C=O) groups is 1. The molecule has 0 aromatic heterocycles. The maximum atomic E-state index is 12.6. The molecule has 7 heteroatoms. The Morgan fingerprint density at radius 1 is 1.19 bits per heavy atom. The Morgan fingerprint density at radius 2 is 1.81 bits per heavy atom. The lowest BCUT2D eigenvalue weighted by atomic mass is 10.2. The number of carboxylic acid groups (broad SMARTS) is 1. The van der Waals surface area contributed by atoms with Crippen molar-refractivity contribution < 1.29 is 18.3 Å². The van der Waals surface area contributed by atoms with E-state index in [-0.39, 0.29) is 10.5 Å². The molecule has 1 N–H and O–H groups in total. The van der Waals surface area contributed by atoms with Crippen LogP contribution in [0.2, 0.25) is 0 Å². The van der Waals surface area contributed by atoms with Crippen LogP contribution in [0.4, 0.5) is 0 Å². The SMILES string of the molecule is CCN(CCCN(C)C)S(=O)(=O)c1ccccc1C(=O)O. The maximum Gasteiger partial charge on any atom is 0.337 e. The molecule has 0 unspecified atom stereocenters. The van der Waals surface area contributed by atoms with Gasteiger partial charge in [-0.25, -0.2) is 13.2 Å². The molecule has 0 aliphatic rings. The van der Waals surface area contributed by atoms with Gasteiger partial charge in [0, 0.05) is 13.1 Å². The Hall–Kier alpha value is -1.44. The largest absolute Gasteiger partial charge is 0.478 e. The van der Waals surface area contributed by atoms with Gasteiger partial charge in [-0.3, -0.25) is 0 Å². The Kier molecular flexibility index (Phi) is 6.32. The van der Waals surface area contributed by atoms with Gasteiger partial charge in [-0.05, 0) is 39.2 Å². The fourth-order valence-electron chi connectivity index (χ4n) is 2.02. The van der Waals surface area contributed by atoms with Crippen LogP contribution in [0.3, 0.4) is 0 Å². The van der Waals surface area contributed by atoms with Gasteiger partial charge in [0.2, 0.25) is 10.0 Å². The predicted molar refractivity (Wildman–Crippen MR) is 81.0 cm³/mol. The summed E-state index contributed by atoms with van der Waals surface area (Å²) in [6.07, 6.45) is 0.690. The quantitative estimate of drug-likeness (QED) is 0.783. The number of rotatable bonds is 8. The van der Waals surface area contributed by atoms with Crippen molar-refractivity contribution in [1.82, 2.24) is 9.21 Å². The normalized spacial score (nSPS) is 12.0. The molecule has 0 atom stereocenters. The zero-order valence-electron chi connectivity index (χ0n) is 12.6. The molecule has 0 aliphatic heterocycles. The minimum atomic E-state index is -3.79. The highest BCUT2D eigenvalue weighted by Gasteiger charge is 2.27. The summed E-state index contributed by atoms with van der Waals surface area (Å²) < 4.78 is 26.5. The number of sulfonamides is 1. The molecule has 0 amide bonds. The number of nitrogens with zero attached hydrogens (tertiary/aromatic N) is 2. The van der Waals surface area contributed by atoms with Gasteiger partial charge in [-0.2, -0.15) is 4.31 Å². The Labute approximate surface area is 126 Å². The van der Waals surface area contributed by atoms with E-state index >= 15 is 0 Å². The molecule has 118 valence electrons. The number of benzene rings is 1. The second-order valence-corrected chi connectivity index (χ2v) is 6.86. The van der Waals surface area contributed by atoms with Gasteiger partial charge in [-0.15, -0.1) is 0 Å². The van der Waals surface area contributed by atoms with Crippen LogP contribution in [-0.4, -0.2) is 62.4 Å². The van der Waals surface area contributed by atoms with Gasteiger partial charge in [0.15, 0.2) is 0 Å². The van der Waals surface area contributed by atoms with Gasteiger partial charge >= 0.3 is 5.97 Å². The third kappa shape index (κ3) is 4.52. The van der Waals surface area contributed by atoms with Crippen molar-refractivity contribution in [3.05, 3.63) is 29.8 Å². The molecule has 0 saturated heterocycles. The maximum absolute atomic E-state index is 12.6. The average molecular weight is 314 g/mol. The van der Waals surface area contributed by atoms with Crippen molar-refractivity contribution in [2.45, 2.75) is 18.2 Å². The highest BCUT2D eigenvalue weighted by Crippen LogP contribution is 2.20. The van der Waals surface area contributed by atoms with Crippen molar-refractivity contribution in [2.75, 3.05) is 33.7 Å². The molecule has 0 spiro atoms. The predicted octanol–water partition coefficient (Wildman–Crippen LogP) is 1.35. The fraction of sp³-hybridized carbons (Fsp3) is 0.500. The lowest BCUT2D eigenvalue weighted by Gasteiger charge is -2.22. The van der Waals surface area contributed by atoms with Crippen molar-refractivity contribution in [3.8, 4) is 0 Å². The number of hydrogen-bond acceptors (Lipinski definition) is 4. The smallest absolute Gasteiger partial charge is 0.337 e. The zero-order chi connectivity index (χ0) is 16.0. The number of hydrogen-bond donors (Lipinski definition) is 1. The summed E-state index contributed by atoms with van der Waals surface area (Å²) in [5.41, 5.74) is -0.191. The van der Waals surface area contributed by atoms with Crippen LogP contribution in [0.5, 0.6) is 0 Å².